The molecule has 0 spiro atoms. The van der Waals surface area contributed by atoms with E-state index in [4.69, 9.17) is 0 Å². The number of nitrogens with one attached hydrogen (secondary N) is 1. The number of hydrogen-bond donors (Lipinski definition) is 1. The first-order valence-corrected chi connectivity index (χ1v) is 7.53. The van der Waals surface area contributed by atoms with Gasteiger partial charge >= 0.3 is 0 Å². The lowest BCUT2D eigenvalue weighted by molar-refractivity contribution is 0.466. The first-order valence-electron chi connectivity index (χ1n) is 5.28. The van der Waals surface area contributed by atoms with Crippen molar-refractivity contribution in [3.63, 3.8) is 0 Å². The maximum atomic E-state index is 12.2. The molecule has 6 heteroatoms. The van der Waals surface area contributed by atoms with Crippen LogP contribution in [0, 0.1) is 6.92 Å². The Morgan fingerprint density at radius 3 is 2.75 bits per heavy atom. The second-order valence-corrected chi connectivity index (χ2v) is 7.46. The third kappa shape index (κ3) is 2.15. The van der Waals surface area contributed by atoms with Gasteiger partial charge in [0, 0.05) is 24.0 Å². The van der Waals surface area contributed by atoms with Crippen molar-refractivity contribution in [3.05, 3.63) is 17.0 Å². The zero-order valence-electron chi connectivity index (χ0n) is 9.43. The van der Waals surface area contributed by atoms with Crippen LogP contribution in [0.25, 0.3) is 0 Å². The first-order chi connectivity index (χ1) is 7.54. The van der Waals surface area contributed by atoms with Crippen LogP contribution in [0.3, 0.4) is 0 Å². The topological polar surface area (TPSA) is 49.4 Å². The normalized spacial score (nSPS) is 22.8. The third-order valence-corrected chi connectivity index (χ3v) is 6.20. The number of aryl methyl sites for hydroxylation is 1. The number of nitrogens with zero attached hydrogens (tertiary/aromatic N) is 1. The molecule has 1 aromatic rings. The lowest BCUT2D eigenvalue weighted by atomic mass is 10.3. The second kappa shape index (κ2) is 4.44. The minimum absolute atomic E-state index is 0.288. The molecule has 2 heterocycles. The monoisotopic (exact) mass is 260 g/mol. The quantitative estimate of drug-likeness (QED) is 0.883. The molecule has 0 bridgehead atoms. The van der Waals surface area contributed by atoms with Gasteiger partial charge in [0.05, 0.1) is 0 Å². The number of hydrogen-bond acceptors (Lipinski definition) is 4. The Labute approximate surface area is 100 Å². The van der Waals surface area contributed by atoms with Gasteiger partial charge in [0.15, 0.2) is 0 Å². The van der Waals surface area contributed by atoms with Crippen molar-refractivity contribution in [3.8, 4) is 0 Å². The zero-order valence-corrected chi connectivity index (χ0v) is 11.1. The first kappa shape index (κ1) is 12.0. The maximum Gasteiger partial charge on any atom is 0.252 e. The summed E-state index contributed by atoms with van der Waals surface area (Å²) in [4.78, 5) is 1.03. The SMILES string of the molecule is CNC1CCN(S(=O)(=O)c2ccc(C)s2)C1. The molecule has 1 atom stereocenters. The molecule has 1 aliphatic rings. The van der Waals surface area contributed by atoms with Crippen molar-refractivity contribution >= 4 is 21.4 Å². The molecule has 0 amide bonds. The van der Waals surface area contributed by atoms with Gasteiger partial charge in [0.25, 0.3) is 10.0 Å². The molecular formula is C10H16N2O2S2. The number of thiophene rings is 1. The van der Waals surface area contributed by atoms with Gasteiger partial charge < -0.3 is 5.32 Å². The maximum absolute atomic E-state index is 12.2. The van der Waals surface area contributed by atoms with Gasteiger partial charge in [-0.1, -0.05) is 0 Å². The molecule has 1 fully saturated rings. The van der Waals surface area contributed by atoms with Crippen molar-refractivity contribution in [2.24, 2.45) is 0 Å². The highest BCUT2D eigenvalue weighted by molar-refractivity contribution is 7.91. The lowest BCUT2D eigenvalue weighted by Crippen LogP contribution is -2.33. The fourth-order valence-electron chi connectivity index (χ4n) is 1.86. The molecule has 4 nitrogen and oxygen atoms in total. The zero-order chi connectivity index (χ0) is 11.8. The molecule has 90 valence electrons. The van der Waals surface area contributed by atoms with Crippen molar-refractivity contribution in [2.75, 3.05) is 20.1 Å². The molecule has 2 rings (SSSR count). The van der Waals surface area contributed by atoms with Crippen molar-refractivity contribution in [2.45, 2.75) is 23.6 Å². The Bertz CT molecular complexity index is 467. The van der Waals surface area contributed by atoms with E-state index in [1.807, 2.05) is 20.0 Å². The van der Waals surface area contributed by atoms with E-state index in [0.29, 0.717) is 17.3 Å². The van der Waals surface area contributed by atoms with Gasteiger partial charge in [-0.05, 0) is 32.5 Å². The van der Waals surface area contributed by atoms with E-state index in [-0.39, 0.29) is 6.04 Å². The minimum Gasteiger partial charge on any atom is -0.316 e. The molecule has 0 radical (unpaired) electrons. The van der Waals surface area contributed by atoms with Gasteiger partial charge in [-0.2, -0.15) is 4.31 Å². The van der Waals surface area contributed by atoms with Crippen LogP contribution in [0.2, 0.25) is 0 Å². The Kier molecular flexibility index (Phi) is 3.34. The Morgan fingerprint density at radius 1 is 1.50 bits per heavy atom. The van der Waals surface area contributed by atoms with E-state index in [0.717, 1.165) is 11.3 Å². The van der Waals surface area contributed by atoms with Crippen LogP contribution in [0.1, 0.15) is 11.3 Å². The smallest absolute Gasteiger partial charge is 0.252 e. The van der Waals surface area contributed by atoms with Gasteiger partial charge in [0.2, 0.25) is 0 Å². The highest BCUT2D eigenvalue weighted by atomic mass is 32.2. The van der Waals surface area contributed by atoms with E-state index < -0.39 is 10.0 Å². The predicted octanol–water partition coefficient (Wildman–Crippen LogP) is 1.04. The third-order valence-electron chi connectivity index (χ3n) is 2.87. The molecule has 0 aromatic carbocycles. The molecule has 1 aliphatic heterocycles. The molecule has 1 unspecified atom stereocenters. The summed E-state index contributed by atoms with van der Waals surface area (Å²) in [5, 5.41) is 3.12. The molecular weight excluding hydrogens is 244 g/mol. The lowest BCUT2D eigenvalue weighted by Gasteiger charge is -2.14. The van der Waals surface area contributed by atoms with Crippen LogP contribution in [0.4, 0.5) is 0 Å². The van der Waals surface area contributed by atoms with Gasteiger partial charge in [0.1, 0.15) is 4.21 Å². The van der Waals surface area contributed by atoms with Crippen molar-refractivity contribution < 1.29 is 8.42 Å². The van der Waals surface area contributed by atoms with Crippen molar-refractivity contribution in [1.29, 1.82) is 0 Å². The van der Waals surface area contributed by atoms with Crippen LogP contribution in [-0.2, 0) is 10.0 Å². The fourth-order valence-corrected chi connectivity index (χ4v) is 4.80. The molecule has 0 saturated carbocycles. The molecule has 16 heavy (non-hydrogen) atoms. The largest absolute Gasteiger partial charge is 0.316 e. The minimum atomic E-state index is -3.25. The summed E-state index contributed by atoms with van der Waals surface area (Å²) in [5.41, 5.74) is 0. The summed E-state index contributed by atoms with van der Waals surface area (Å²) < 4.78 is 26.5. The van der Waals surface area contributed by atoms with Crippen LogP contribution in [0.5, 0.6) is 0 Å². The standard InChI is InChI=1S/C10H16N2O2S2/c1-8-3-4-10(15-8)16(13,14)12-6-5-9(7-12)11-2/h3-4,9,11H,5-7H2,1-2H3. The summed E-state index contributed by atoms with van der Waals surface area (Å²) >= 11 is 1.34. The number of likely N-dealkylation sites (N-methyl/N-ethyl adjacent to an activating group) is 1. The van der Waals surface area contributed by atoms with E-state index in [2.05, 4.69) is 5.32 Å². The average molecular weight is 260 g/mol. The van der Waals surface area contributed by atoms with Crippen LogP contribution < -0.4 is 5.32 Å². The number of rotatable bonds is 3. The molecule has 1 saturated heterocycles. The van der Waals surface area contributed by atoms with Crippen LogP contribution in [0.15, 0.2) is 16.3 Å². The fraction of sp³-hybridized carbons (Fsp3) is 0.600. The summed E-state index contributed by atoms with van der Waals surface area (Å²) in [6.07, 6.45) is 0.889. The van der Waals surface area contributed by atoms with Gasteiger partial charge in [-0.3, -0.25) is 0 Å². The summed E-state index contributed by atoms with van der Waals surface area (Å²) in [6.45, 7) is 3.12. The molecule has 0 aliphatic carbocycles. The Hall–Kier alpha value is -0.430. The average Bonchev–Trinajstić information content (AvgIpc) is 2.85. The van der Waals surface area contributed by atoms with Gasteiger partial charge in [-0.15, -0.1) is 11.3 Å². The van der Waals surface area contributed by atoms with E-state index in [1.165, 1.54) is 11.3 Å². The predicted molar refractivity (Wildman–Crippen MR) is 65.3 cm³/mol. The van der Waals surface area contributed by atoms with E-state index in [9.17, 15) is 8.42 Å². The van der Waals surface area contributed by atoms with Crippen molar-refractivity contribution in [1.82, 2.24) is 9.62 Å². The Balaban J connectivity index is 2.21. The van der Waals surface area contributed by atoms with E-state index in [1.54, 1.807) is 10.4 Å². The second-order valence-electron chi connectivity index (χ2n) is 4.00. The van der Waals surface area contributed by atoms with Gasteiger partial charge in [-0.25, -0.2) is 8.42 Å². The molecule has 1 aromatic heterocycles. The summed E-state index contributed by atoms with van der Waals surface area (Å²) in [7, 11) is -1.38. The summed E-state index contributed by atoms with van der Waals surface area (Å²) in [6, 6.07) is 3.83. The van der Waals surface area contributed by atoms with Crippen LogP contribution in [-0.4, -0.2) is 38.9 Å². The summed E-state index contributed by atoms with van der Waals surface area (Å²) in [5.74, 6) is 0. The highest BCUT2D eigenvalue weighted by Gasteiger charge is 2.32. The number of sulfonamides is 1. The Morgan fingerprint density at radius 2 is 2.25 bits per heavy atom. The molecule has 1 N–H and O–H groups in total. The van der Waals surface area contributed by atoms with E-state index >= 15 is 0 Å². The highest BCUT2D eigenvalue weighted by Crippen LogP contribution is 2.26. The van der Waals surface area contributed by atoms with Crippen LogP contribution >= 0.6 is 11.3 Å².